The summed E-state index contributed by atoms with van der Waals surface area (Å²) in [6.07, 6.45) is 0. The highest BCUT2D eigenvalue weighted by Crippen LogP contribution is 2.57. The van der Waals surface area contributed by atoms with Crippen LogP contribution in [0.15, 0.2) is 170 Å². The summed E-state index contributed by atoms with van der Waals surface area (Å²) in [6, 6.07) is 63.8. The summed E-state index contributed by atoms with van der Waals surface area (Å²) in [5.41, 5.74) is 15.1. The second-order valence-corrected chi connectivity index (χ2v) is 17.1. The van der Waals surface area contributed by atoms with Crippen molar-refractivity contribution in [1.29, 1.82) is 0 Å². The molecule has 0 saturated heterocycles. The number of benzene rings is 9. The first-order valence-electron chi connectivity index (χ1n) is 19.8. The van der Waals surface area contributed by atoms with E-state index in [2.05, 4.69) is 207 Å². The quantitative estimate of drug-likeness (QED) is 0.176. The molecule has 0 aliphatic carbocycles. The number of para-hydroxylation sites is 1. The van der Waals surface area contributed by atoms with E-state index < -0.39 is 0 Å². The van der Waals surface area contributed by atoms with Gasteiger partial charge in [-0.3, -0.25) is 0 Å². The SMILES string of the molecule is CC1(C)c2cccc3c2-n2c4c1cc(-c1ccc5ccccc5c1)cc4c1cc(N(c4ccc5ccccc5c4)c4ccc5ccccc5c4)cc(c12)C3(C)C. The Labute approximate surface area is 326 Å². The average Bonchev–Trinajstić information content (AvgIpc) is 3.56. The van der Waals surface area contributed by atoms with E-state index in [-0.39, 0.29) is 10.8 Å². The summed E-state index contributed by atoms with van der Waals surface area (Å²) < 4.78 is 2.64. The Hall–Kier alpha value is -6.64. The van der Waals surface area contributed by atoms with Crippen LogP contribution < -0.4 is 4.90 Å². The van der Waals surface area contributed by atoms with Gasteiger partial charge in [0, 0.05) is 38.7 Å². The third kappa shape index (κ3) is 4.22. The predicted octanol–water partition coefficient (Wildman–Crippen LogP) is 14.7. The van der Waals surface area contributed by atoms with Crippen molar-refractivity contribution in [2.75, 3.05) is 4.90 Å². The molecule has 2 heteroatoms. The fraction of sp³-hybridized carbons (Fsp3) is 0.111. The van der Waals surface area contributed by atoms with Gasteiger partial charge in [0.25, 0.3) is 0 Å². The second kappa shape index (κ2) is 11.0. The van der Waals surface area contributed by atoms with Gasteiger partial charge in [-0.15, -0.1) is 0 Å². The zero-order valence-electron chi connectivity index (χ0n) is 32.1. The Morgan fingerprint density at radius 3 is 1.41 bits per heavy atom. The summed E-state index contributed by atoms with van der Waals surface area (Å²) >= 11 is 0. The first-order valence-corrected chi connectivity index (χ1v) is 19.8. The monoisotopic (exact) mass is 716 g/mol. The first-order chi connectivity index (χ1) is 27.3. The van der Waals surface area contributed by atoms with Crippen LogP contribution in [0.1, 0.15) is 49.9 Å². The van der Waals surface area contributed by atoms with Gasteiger partial charge in [0.05, 0.1) is 16.7 Å². The van der Waals surface area contributed by atoms with Gasteiger partial charge < -0.3 is 9.47 Å². The lowest BCUT2D eigenvalue weighted by molar-refractivity contribution is 0.594. The lowest BCUT2D eigenvalue weighted by Crippen LogP contribution is -2.33. The van der Waals surface area contributed by atoms with Crippen molar-refractivity contribution in [2.24, 2.45) is 0 Å². The Morgan fingerprint density at radius 1 is 0.357 bits per heavy atom. The first kappa shape index (κ1) is 31.7. The molecule has 0 bridgehead atoms. The highest BCUT2D eigenvalue weighted by molar-refractivity contribution is 6.16. The molecule has 2 aliphatic heterocycles. The van der Waals surface area contributed by atoms with Crippen LogP contribution in [0.25, 0.3) is 70.9 Å². The molecular formula is C54H40N2. The van der Waals surface area contributed by atoms with Gasteiger partial charge in [0.2, 0.25) is 0 Å². The lowest BCUT2D eigenvalue weighted by atomic mass is 9.68. The minimum atomic E-state index is -0.239. The van der Waals surface area contributed by atoms with E-state index in [1.807, 2.05) is 0 Å². The van der Waals surface area contributed by atoms with Crippen LogP contribution in [0, 0.1) is 0 Å². The standard InChI is InChI=1S/C54H40N2/c1-53(2)46-18-11-19-47-52(46)56-50-44(29-40(30-48(50)53)39-21-20-33-12-5-8-15-36(33)26-39)45-31-43(32-49(51(45)56)54(47,3)4)55(41-24-22-34-13-6-9-16-37(34)27-41)42-25-23-35-14-7-10-17-38(35)28-42/h5-32H,1-4H3. The summed E-state index contributed by atoms with van der Waals surface area (Å²) in [6.45, 7) is 9.72. The van der Waals surface area contributed by atoms with Gasteiger partial charge in [-0.05, 0) is 120 Å². The van der Waals surface area contributed by atoms with Crippen LogP contribution in [-0.2, 0) is 10.8 Å². The van der Waals surface area contributed by atoms with Crippen LogP contribution in [0.2, 0.25) is 0 Å². The number of hydrogen-bond acceptors (Lipinski definition) is 1. The van der Waals surface area contributed by atoms with Gasteiger partial charge in [-0.25, -0.2) is 0 Å². The molecule has 2 aliphatic rings. The van der Waals surface area contributed by atoms with Gasteiger partial charge in [0.15, 0.2) is 0 Å². The average molecular weight is 717 g/mol. The number of nitrogens with zero attached hydrogens (tertiary/aromatic N) is 2. The molecule has 0 amide bonds. The molecule has 3 heterocycles. The van der Waals surface area contributed by atoms with E-state index in [0.717, 1.165) is 11.4 Å². The molecule has 0 fully saturated rings. The van der Waals surface area contributed by atoms with E-state index in [1.165, 1.54) is 98.9 Å². The molecule has 0 unspecified atom stereocenters. The van der Waals surface area contributed by atoms with Crippen LogP contribution in [-0.4, -0.2) is 4.57 Å². The minimum Gasteiger partial charge on any atom is -0.310 e. The van der Waals surface area contributed by atoms with Crippen molar-refractivity contribution >= 4 is 71.2 Å². The number of anilines is 3. The van der Waals surface area contributed by atoms with E-state index in [4.69, 9.17) is 0 Å². The van der Waals surface area contributed by atoms with Gasteiger partial charge in [-0.1, -0.05) is 143 Å². The van der Waals surface area contributed by atoms with Gasteiger partial charge in [-0.2, -0.15) is 0 Å². The van der Waals surface area contributed by atoms with Crippen LogP contribution in [0.5, 0.6) is 0 Å². The number of fused-ring (bicyclic) bond motifs is 4. The van der Waals surface area contributed by atoms with E-state index in [1.54, 1.807) is 0 Å². The maximum atomic E-state index is 2.64. The van der Waals surface area contributed by atoms with Crippen LogP contribution in [0.3, 0.4) is 0 Å². The second-order valence-electron chi connectivity index (χ2n) is 17.1. The molecule has 266 valence electrons. The fourth-order valence-electron chi connectivity index (χ4n) is 10.3. The number of rotatable bonds is 4. The topological polar surface area (TPSA) is 8.17 Å². The van der Waals surface area contributed by atoms with Gasteiger partial charge in [0.1, 0.15) is 0 Å². The highest BCUT2D eigenvalue weighted by Gasteiger charge is 2.44. The Kier molecular flexibility index (Phi) is 6.22. The van der Waals surface area contributed by atoms with E-state index in [0.29, 0.717) is 0 Å². The van der Waals surface area contributed by atoms with E-state index in [9.17, 15) is 0 Å². The third-order valence-electron chi connectivity index (χ3n) is 13.2. The third-order valence-corrected chi connectivity index (χ3v) is 13.2. The molecule has 0 saturated carbocycles. The molecule has 0 radical (unpaired) electrons. The lowest BCUT2D eigenvalue weighted by Gasteiger charge is -2.42. The van der Waals surface area contributed by atoms with Crippen molar-refractivity contribution in [3.05, 3.63) is 192 Å². The van der Waals surface area contributed by atoms with Crippen molar-refractivity contribution in [3.63, 3.8) is 0 Å². The fourth-order valence-corrected chi connectivity index (χ4v) is 10.3. The molecular weight excluding hydrogens is 677 g/mol. The van der Waals surface area contributed by atoms with Crippen LogP contribution in [0.4, 0.5) is 17.1 Å². The maximum Gasteiger partial charge on any atom is 0.0583 e. The summed E-state index contributed by atoms with van der Waals surface area (Å²) in [7, 11) is 0. The molecule has 1 aromatic heterocycles. The zero-order chi connectivity index (χ0) is 37.5. The van der Waals surface area contributed by atoms with Crippen molar-refractivity contribution in [3.8, 4) is 16.8 Å². The van der Waals surface area contributed by atoms with E-state index >= 15 is 0 Å². The van der Waals surface area contributed by atoms with Crippen molar-refractivity contribution in [1.82, 2.24) is 4.57 Å². The minimum absolute atomic E-state index is 0.195. The van der Waals surface area contributed by atoms with Crippen molar-refractivity contribution < 1.29 is 0 Å². The van der Waals surface area contributed by atoms with Crippen LogP contribution >= 0.6 is 0 Å². The molecule has 12 rings (SSSR count). The number of aromatic nitrogens is 1. The summed E-state index contributed by atoms with van der Waals surface area (Å²) in [5, 5.41) is 10.1. The smallest absolute Gasteiger partial charge is 0.0583 e. The summed E-state index contributed by atoms with van der Waals surface area (Å²) in [4.78, 5) is 2.48. The molecule has 2 nitrogen and oxygen atoms in total. The Bertz CT molecular complexity index is 3240. The molecule has 0 N–H and O–H groups in total. The molecule has 10 aromatic rings. The van der Waals surface area contributed by atoms with Gasteiger partial charge >= 0.3 is 0 Å². The molecule has 56 heavy (non-hydrogen) atoms. The molecule has 0 spiro atoms. The normalized spacial score (nSPS) is 14.7. The Balaban J connectivity index is 1.21. The number of hydrogen-bond donors (Lipinski definition) is 0. The highest BCUT2D eigenvalue weighted by atomic mass is 15.1. The predicted molar refractivity (Wildman–Crippen MR) is 238 cm³/mol. The zero-order valence-corrected chi connectivity index (χ0v) is 32.1. The maximum absolute atomic E-state index is 2.64. The molecule has 0 atom stereocenters. The summed E-state index contributed by atoms with van der Waals surface area (Å²) in [5.74, 6) is 0. The largest absolute Gasteiger partial charge is 0.310 e. The van der Waals surface area contributed by atoms with Crippen molar-refractivity contribution in [2.45, 2.75) is 38.5 Å². The molecule has 9 aromatic carbocycles. The Morgan fingerprint density at radius 2 is 0.839 bits per heavy atom.